The number of nitrogens with zero attached hydrogens (tertiary/aromatic N) is 2. The highest BCUT2D eigenvalue weighted by Crippen LogP contribution is 2.35. The number of likely N-dealkylation sites (tertiary alicyclic amines) is 1. The fraction of sp³-hybridized carbons (Fsp3) is 0.273. The number of hydrogen-bond donors (Lipinski definition) is 0. The van der Waals surface area contributed by atoms with Gasteiger partial charge in [0.15, 0.2) is 0 Å². The highest BCUT2D eigenvalue weighted by molar-refractivity contribution is 5.93. The third-order valence-electron chi connectivity index (χ3n) is 5.17. The van der Waals surface area contributed by atoms with Gasteiger partial charge in [-0.3, -0.25) is 4.79 Å². The summed E-state index contributed by atoms with van der Waals surface area (Å²) in [6, 6.07) is 17.6. The average Bonchev–Trinajstić information content (AvgIpc) is 3.38. The Hall–Kier alpha value is -3.08. The van der Waals surface area contributed by atoms with Crippen LogP contribution >= 0.6 is 0 Å². The van der Waals surface area contributed by atoms with E-state index in [-0.39, 0.29) is 17.7 Å². The molecule has 2 heterocycles. The van der Waals surface area contributed by atoms with Gasteiger partial charge in [0.1, 0.15) is 11.4 Å². The first-order valence-corrected chi connectivity index (χ1v) is 9.15. The van der Waals surface area contributed by atoms with Gasteiger partial charge in [0.2, 0.25) is 5.76 Å². The lowest BCUT2D eigenvalue weighted by Gasteiger charge is -2.25. The Balaban J connectivity index is 1.57. The van der Waals surface area contributed by atoms with Crippen molar-refractivity contribution in [2.75, 3.05) is 13.7 Å². The number of amides is 1. The summed E-state index contributed by atoms with van der Waals surface area (Å²) in [4.78, 5) is 15.0. The highest BCUT2D eigenvalue weighted by atomic mass is 16.5. The summed E-state index contributed by atoms with van der Waals surface area (Å²) in [5.74, 6) is 0.950. The Bertz CT molecular complexity index is 946. The van der Waals surface area contributed by atoms with Gasteiger partial charge in [0.05, 0.1) is 13.2 Å². The van der Waals surface area contributed by atoms with E-state index in [0.717, 1.165) is 30.7 Å². The molecule has 3 aromatic rings. The molecule has 0 spiro atoms. The van der Waals surface area contributed by atoms with Crippen LogP contribution in [0.1, 0.15) is 40.6 Å². The van der Waals surface area contributed by atoms with Crippen molar-refractivity contribution in [3.63, 3.8) is 0 Å². The minimum atomic E-state index is -0.104. The van der Waals surface area contributed by atoms with Crippen LogP contribution in [-0.4, -0.2) is 29.6 Å². The monoisotopic (exact) mass is 362 g/mol. The van der Waals surface area contributed by atoms with E-state index in [1.807, 2.05) is 41.3 Å². The second kappa shape index (κ2) is 7.27. The SMILES string of the molecule is COc1ccc(-c2cc(C(=O)N3CCCC3c3ccccc3C)on2)cc1. The summed E-state index contributed by atoms with van der Waals surface area (Å²) >= 11 is 0. The number of aromatic nitrogens is 1. The number of ether oxygens (including phenoxy) is 1. The molecule has 0 N–H and O–H groups in total. The number of carbonyl (C=O) groups excluding carboxylic acids is 1. The Morgan fingerprint density at radius 3 is 2.70 bits per heavy atom. The summed E-state index contributed by atoms with van der Waals surface area (Å²) in [6.45, 7) is 2.82. The summed E-state index contributed by atoms with van der Waals surface area (Å²) in [5, 5.41) is 4.09. The predicted octanol–water partition coefficient (Wildman–Crippen LogP) is 4.64. The largest absolute Gasteiger partial charge is 0.497 e. The van der Waals surface area contributed by atoms with Crippen LogP contribution in [0.2, 0.25) is 0 Å². The molecule has 1 amide bonds. The molecule has 1 atom stereocenters. The molecule has 4 rings (SSSR count). The highest BCUT2D eigenvalue weighted by Gasteiger charge is 2.33. The lowest BCUT2D eigenvalue weighted by molar-refractivity contribution is 0.0693. The summed E-state index contributed by atoms with van der Waals surface area (Å²) in [6.07, 6.45) is 1.96. The van der Waals surface area contributed by atoms with Crippen LogP contribution in [-0.2, 0) is 0 Å². The van der Waals surface area contributed by atoms with Crippen LogP contribution in [0.3, 0.4) is 0 Å². The minimum absolute atomic E-state index is 0.0910. The van der Waals surface area contributed by atoms with Crippen LogP contribution in [0.5, 0.6) is 5.75 Å². The fourth-order valence-corrected chi connectivity index (χ4v) is 3.71. The van der Waals surface area contributed by atoms with Gasteiger partial charge in [-0.2, -0.15) is 0 Å². The smallest absolute Gasteiger partial charge is 0.292 e. The molecule has 1 unspecified atom stereocenters. The molecule has 1 aliphatic rings. The van der Waals surface area contributed by atoms with Crippen molar-refractivity contribution in [1.82, 2.24) is 10.1 Å². The quantitative estimate of drug-likeness (QED) is 0.679. The van der Waals surface area contributed by atoms with Crippen LogP contribution in [0.4, 0.5) is 0 Å². The first-order valence-electron chi connectivity index (χ1n) is 9.15. The maximum atomic E-state index is 13.1. The van der Waals surface area contributed by atoms with Gasteiger partial charge >= 0.3 is 0 Å². The third kappa shape index (κ3) is 3.33. The van der Waals surface area contributed by atoms with Crippen LogP contribution in [0, 0.1) is 6.92 Å². The second-order valence-corrected chi connectivity index (χ2v) is 6.82. The lowest BCUT2D eigenvalue weighted by Crippen LogP contribution is -2.30. The first kappa shape index (κ1) is 17.3. The van der Waals surface area contributed by atoms with E-state index >= 15 is 0 Å². The number of benzene rings is 2. The molecule has 5 heteroatoms. The molecular formula is C22H22N2O3. The molecule has 2 aromatic carbocycles. The van der Waals surface area contributed by atoms with Crippen molar-refractivity contribution < 1.29 is 14.1 Å². The van der Waals surface area contributed by atoms with Gasteiger partial charge in [0, 0.05) is 18.2 Å². The zero-order valence-corrected chi connectivity index (χ0v) is 15.5. The van der Waals surface area contributed by atoms with E-state index < -0.39 is 0 Å². The Labute approximate surface area is 158 Å². The van der Waals surface area contributed by atoms with Crippen LogP contribution in [0.25, 0.3) is 11.3 Å². The molecule has 27 heavy (non-hydrogen) atoms. The van der Waals surface area contributed by atoms with E-state index in [1.165, 1.54) is 11.1 Å². The molecule has 0 saturated carbocycles. The van der Waals surface area contributed by atoms with Gasteiger partial charge in [-0.05, 0) is 55.2 Å². The van der Waals surface area contributed by atoms with Crippen molar-refractivity contribution in [3.8, 4) is 17.0 Å². The number of hydrogen-bond acceptors (Lipinski definition) is 4. The van der Waals surface area contributed by atoms with E-state index in [9.17, 15) is 4.79 Å². The van der Waals surface area contributed by atoms with Gasteiger partial charge in [0.25, 0.3) is 5.91 Å². The molecule has 0 radical (unpaired) electrons. The van der Waals surface area contributed by atoms with Crippen LogP contribution < -0.4 is 4.74 Å². The lowest BCUT2D eigenvalue weighted by atomic mass is 9.99. The minimum Gasteiger partial charge on any atom is -0.497 e. The van der Waals surface area contributed by atoms with Crippen molar-refractivity contribution in [3.05, 3.63) is 71.5 Å². The number of carbonyl (C=O) groups is 1. The molecule has 5 nitrogen and oxygen atoms in total. The summed E-state index contributed by atoms with van der Waals surface area (Å²) < 4.78 is 10.6. The predicted molar refractivity (Wildman–Crippen MR) is 103 cm³/mol. The standard InChI is InChI=1S/C22H22N2O3/c1-15-6-3-4-7-18(15)20-8-5-13-24(20)22(25)21-14-19(23-27-21)16-9-11-17(26-2)12-10-16/h3-4,6-7,9-12,14,20H,5,8,13H2,1-2H3. The van der Waals surface area contributed by atoms with Crippen molar-refractivity contribution in [2.24, 2.45) is 0 Å². The molecule has 0 aliphatic carbocycles. The van der Waals surface area contributed by atoms with E-state index in [1.54, 1.807) is 13.2 Å². The Morgan fingerprint density at radius 2 is 1.96 bits per heavy atom. The molecule has 1 fully saturated rings. The molecule has 138 valence electrons. The number of aryl methyl sites for hydroxylation is 1. The van der Waals surface area contributed by atoms with E-state index in [0.29, 0.717) is 5.69 Å². The molecule has 1 aliphatic heterocycles. The normalized spacial score (nSPS) is 16.5. The van der Waals surface area contributed by atoms with Crippen LogP contribution in [0.15, 0.2) is 59.1 Å². The molecule has 0 bridgehead atoms. The Morgan fingerprint density at radius 1 is 1.19 bits per heavy atom. The van der Waals surface area contributed by atoms with E-state index in [2.05, 4.69) is 24.2 Å². The van der Waals surface area contributed by atoms with Gasteiger partial charge in [-0.1, -0.05) is 29.4 Å². The molecular weight excluding hydrogens is 340 g/mol. The van der Waals surface area contributed by atoms with Gasteiger partial charge in [-0.15, -0.1) is 0 Å². The van der Waals surface area contributed by atoms with Gasteiger partial charge < -0.3 is 14.2 Å². The maximum absolute atomic E-state index is 13.1. The fourth-order valence-electron chi connectivity index (χ4n) is 3.71. The van der Waals surface area contributed by atoms with E-state index in [4.69, 9.17) is 9.26 Å². The third-order valence-corrected chi connectivity index (χ3v) is 5.17. The number of rotatable bonds is 4. The van der Waals surface area contributed by atoms with Crippen molar-refractivity contribution in [1.29, 1.82) is 0 Å². The topological polar surface area (TPSA) is 55.6 Å². The van der Waals surface area contributed by atoms with Gasteiger partial charge in [-0.25, -0.2) is 0 Å². The zero-order chi connectivity index (χ0) is 18.8. The maximum Gasteiger partial charge on any atom is 0.292 e. The number of methoxy groups -OCH3 is 1. The Kier molecular flexibility index (Phi) is 4.67. The summed E-state index contributed by atoms with van der Waals surface area (Å²) in [5.41, 5.74) is 3.94. The zero-order valence-electron chi connectivity index (χ0n) is 15.5. The van der Waals surface area contributed by atoms with Crippen molar-refractivity contribution in [2.45, 2.75) is 25.8 Å². The molecule has 1 aromatic heterocycles. The summed E-state index contributed by atoms with van der Waals surface area (Å²) in [7, 11) is 1.63. The van der Waals surface area contributed by atoms with Crippen molar-refractivity contribution >= 4 is 5.91 Å². The average molecular weight is 362 g/mol. The first-order chi connectivity index (χ1) is 13.2. The molecule has 1 saturated heterocycles. The second-order valence-electron chi connectivity index (χ2n) is 6.82.